The molecule has 0 saturated heterocycles. The van der Waals surface area contributed by atoms with E-state index in [0.717, 1.165) is 12.1 Å². The summed E-state index contributed by atoms with van der Waals surface area (Å²) in [7, 11) is 0. The van der Waals surface area contributed by atoms with E-state index in [1.54, 1.807) is 6.20 Å². The van der Waals surface area contributed by atoms with E-state index in [2.05, 4.69) is 15.3 Å². The van der Waals surface area contributed by atoms with Gasteiger partial charge in [0, 0.05) is 24.6 Å². The van der Waals surface area contributed by atoms with Crippen molar-refractivity contribution in [2.75, 3.05) is 17.6 Å². The Hall–Kier alpha value is -2.30. The van der Waals surface area contributed by atoms with E-state index in [9.17, 15) is 4.79 Å². The average Bonchev–Trinajstić information content (AvgIpc) is 2.34. The van der Waals surface area contributed by atoms with Gasteiger partial charge in [-0.1, -0.05) is 12.1 Å². The Morgan fingerprint density at radius 1 is 1.29 bits per heavy atom. The van der Waals surface area contributed by atoms with Crippen molar-refractivity contribution >= 4 is 11.5 Å². The first-order chi connectivity index (χ1) is 8.25. The molecule has 5 heteroatoms. The lowest BCUT2D eigenvalue weighted by Gasteiger charge is -2.04. The van der Waals surface area contributed by atoms with Crippen molar-refractivity contribution in [3.63, 3.8) is 0 Å². The van der Waals surface area contributed by atoms with Crippen LogP contribution in [0.3, 0.4) is 0 Å². The fourth-order valence-electron chi connectivity index (χ4n) is 1.49. The van der Waals surface area contributed by atoms with Crippen molar-refractivity contribution in [1.82, 2.24) is 9.97 Å². The maximum atomic E-state index is 11.3. The molecule has 1 aromatic carbocycles. The third kappa shape index (κ3) is 3.07. The highest BCUT2D eigenvalue weighted by atomic mass is 16.1. The van der Waals surface area contributed by atoms with Crippen LogP contribution in [0.4, 0.5) is 11.5 Å². The Morgan fingerprint density at radius 3 is 2.76 bits per heavy atom. The largest absolute Gasteiger partial charge is 0.399 e. The fraction of sp³-hybridized carbons (Fsp3) is 0.167. The number of nitrogens with one attached hydrogen (secondary N) is 2. The van der Waals surface area contributed by atoms with E-state index in [0.29, 0.717) is 12.4 Å². The van der Waals surface area contributed by atoms with Gasteiger partial charge in [-0.15, -0.1) is 0 Å². The lowest BCUT2D eigenvalue weighted by atomic mass is 10.1. The van der Waals surface area contributed by atoms with Gasteiger partial charge in [-0.25, -0.2) is 4.98 Å². The Bertz CT molecular complexity index is 533. The summed E-state index contributed by atoms with van der Waals surface area (Å²) >= 11 is 0. The third-order valence-corrected chi connectivity index (χ3v) is 2.39. The molecule has 5 nitrogen and oxygen atoms in total. The molecule has 2 aromatic rings. The van der Waals surface area contributed by atoms with Gasteiger partial charge in [0.15, 0.2) is 5.82 Å². The molecule has 17 heavy (non-hydrogen) atoms. The molecule has 2 rings (SSSR count). The van der Waals surface area contributed by atoms with Crippen LogP contribution in [0.25, 0.3) is 0 Å². The highest BCUT2D eigenvalue weighted by molar-refractivity contribution is 5.39. The van der Waals surface area contributed by atoms with Gasteiger partial charge in [-0.2, -0.15) is 0 Å². The molecule has 0 fully saturated rings. The van der Waals surface area contributed by atoms with Crippen molar-refractivity contribution in [3.05, 3.63) is 52.6 Å². The van der Waals surface area contributed by atoms with Crippen LogP contribution in [-0.2, 0) is 6.42 Å². The van der Waals surface area contributed by atoms with E-state index >= 15 is 0 Å². The highest BCUT2D eigenvalue weighted by Crippen LogP contribution is 2.06. The topological polar surface area (TPSA) is 83.8 Å². The zero-order valence-corrected chi connectivity index (χ0v) is 9.31. The predicted octanol–water partition coefficient (Wildman–Crippen LogP) is 1.01. The van der Waals surface area contributed by atoms with Crippen molar-refractivity contribution < 1.29 is 0 Å². The fourth-order valence-corrected chi connectivity index (χ4v) is 1.49. The van der Waals surface area contributed by atoms with E-state index in [1.165, 1.54) is 11.8 Å². The SMILES string of the molecule is Nc1ccc(CCNc2ncc[nH]c2=O)cc1. The van der Waals surface area contributed by atoms with Crippen LogP contribution in [0.5, 0.6) is 0 Å². The van der Waals surface area contributed by atoms with E-state index < -0.39 is 0 Å². The molecule has 0 radical (unpaired) electrons. The Labute approximate surface area is 98.7 Å². The maximum absolute atomic E-state index is 11.3. The summed E-state index contributed by atoms with van der Waals surface area (Å²) in [4.78, 5) is 17.8. The molecule has 0 aliphatic carbocycles. The van der Waals surface area contributed by atoms with Crippen molar-refractivity contribution in [3.8, 4) is 0 Å². The van der Waals surface area contributed by atoms with Gasteiger partial charge in [0.2, 0.25) is 0 Å². The number of hydrogen-bond donors (Lipinski definition) is 3. The van der Waals surface area contributed by atoms with Crippen LogP contribution in [0.1, 0.15) is 5.56 Å². The average molecular weight is 230 g/mol. The molecule has 0 aliphatic heterocycles. The zero-order valence-electron chi connectivity index (χ0n) is 9.31. The zero-order chi connectivity index (χ0) is 12.1. The van der Waals surface area contributed by atoms with E-state index in [4.69, 9.17) is 5.73 Å². The monoisotopic (exact) mass is 230 g/mol. The van der Waals surface area contributed by atoms with Crippen LogP contribution in [-0.4, -0.2) is 16.5 Å². The lowest BCUT2D eigenvalue weighted by Crippen LogP contribution is -2.17. The van der Waals surface area contributed by atoms with Gasteiger partial charge >= 0.3 is 0 Å². The van der Waals surface area contributed by atoms with Gasteiger partial charge in [-0.3, -0.25) is 4.79 Å². The molecule has 0 atom stereocenters. The van der Waals surface area contributed by atoms with Gasteiger partial charge in [0.1, 0.15) is 0 Å². The predicted molar refractivity (Wildman–Crippen MR) is 67.9 cm³/mol. The first-order valence-corrected chi connectivity index (χ1v) is 5.38. The van der Waals surface area contributed by atoms with Crippen LogP contribution in [0.2, 0.25) is 0 Å². The number of rotatable bonds is 4. The number of nitrogen functional groups attached to an aromatic ring is 1. The second-order valence-electron chi connectivity index (χ2n) is 3.69. The molecule has 0 spiro atoms. The molecule has 4 N–H and O–H groups in total. The van der Waals surface area contributed by atoms with Crippen molar-refractivity contribution in [2.24, 2.45) is 0 Å². The normalized spacial score (nSPS) is 10.1. The quantitative estimate of drug-likeness (QED) is 0.684. The Balaban J connectivity index is 1.90. The minimum absolute atomic E-state index is 0.204. The number of anilines is 2. The summed E-state index contributed by atoms with van der Waals surface area (Å²) in [5.41, 5.74) is 7.31. The molecule has 1 heterocycles. The molecular weight excluding hydrogens is 216 g/mol. The lowest BCUT2D eigenvalue weighted by molar-refractivity contribution is 0.990. The summed E-state index contributed by atoms with van der Waals surface area (Å²) in [6.45, 7) is 0.657. The molecule has 1 aromatic heterocycles. The molecule has 0 aliphatic rings. The van der Waals surface area contributed by atoms with Gasteiger partial charge in [0.25, 0.3) is 5.56 Å². The number of nitrogens with zero attached hydrogens (tertiary/aromatic N) is 1. The molecule has 0 bridgehead atoms. The second kappa shape index (κ2) is 5.16. The third-order valence-electron chi connectivity index (χ3n) is 2.39. The Kier molecular flexibility index (Phi) is 3.40. The molecule has 0 amide bonds. The first-order valence-electron chi connectivity index (χ1n) is 5.38. The highest BCUT2D eigenvalue weighted by Gasteiger charge is 1.98. The second-order valence-corrected chi connectivity index (χ2v) is 3.69. The van der Waals surface area contributed by atoms with Gasteiger partial charge in [0.05, 0.1) is 0 Å². The number of H-pyrrole nitrogens is 1. The van der Waals surface area contributed by atoms with Gasteiger partial charge in [-0.05, 0) is 24.1 Å². The number of benzene rings is 1. The number of aromatic nitrogens is 2. The van der Waals surface area contributed by atoms with Crippen molar-refractivity contribution in [2.45, 2.75) is 6.42 Å². The maximum Gasteiger partial charge on any atom is 0.290 e. The number of aromatic amines is 1. The van der Waals surface area contributed by atoms with Crippen LogP contribution in [0.15, 0.2) is 41.5 Å². The number of nitrogens with two attached hydrogens (primary N) is 1. The summed E-state index contributed by atoms with van der Waals surface area (Å²) in [6.07, 6.45) is 3.87. The first kappa shape index (κ1) is 11.2. The van der Waals surface area contributed by atoms with E-state index in [-0.39, 0.29) is 5.56 Å². The summed E-state index contributed by atoms with van der Waals surface area (Å²) in [5, 5.41) is 2.99. The minimum Gasteiger partial charge on any atom is -0.399 e. The van der Waals surface area contributed by atoms with Crippen LogP contribution < -0.4 is 16.6 Å². The summed E-state index contributed by atoms with van der Waals surface area (Å²) in [6, 6.07) is 7.67. The van der Waals surface area contributed by atoms with Crippen LogP contribution >= 0.6 is 0 Å². The smallest absolute Gasteiger partial charge is 0.290 e. The minimum atomic E-state index is -0.204. The van der Waals surface area contributed by atoms with E-state index in [1.807, 2.05) is 24.3 Å². The summed E-state index contributed by atoms with van der Waals surface area (Å²) in [5.74, 6) is 0.350. The van der Waals surface area contributed by atoms with Crippen LogP contribution in [0, 0.1) is 0 Å². The number of hydrogen-bond acceptors (Lipinski definition) is 4. The Morgan fingerprint density at radius 2 is 2.06 bits per heavy atom. The van der Waals surface area contributed by atoms with Crippen molar-refractivity contribution in [1.29, 1.82) is 0 Å². The molecule has 0 unspecified atom stereocenters. The standard InChI is InChI=1S/C12H14N4O/c13-10-3-1-9(2-4-10)5-6-14-11-12(17)16-8-7-15-11/h1-4,7-8H,5-6,13H2,(H,14,15)(H,16,17). The molecule has 88 valence electrons. The van der Waals surface area contributed by atoms with Gasteiger partial charge < -0.3 is 16.0 Å². The molecule has 0 saturated carbocycles. The summed E-state index contributed by atoms with van der Waals surface area (Å²) < 4.78 is 0. The molecular formula is C12H14N4O.